The Bertz CT molecular complexity index is 369. The van der Waals surface area contributed by atoms with Crippen molar-refractivity contribution in [3.05, 3.63) is 36.2 Å². The van der Waals surface area contributed by atoms with Crippen molar-refractivity contribution in [1.29, 1.82) is 0 Å². The van der Waals surface area contributed by atoms with Gasteiger partial charge < -0.3 is 4.74 Å². The number of nitrogens with zero attached hydrogens (tertiary/aromatic N) is 1. The first-order valence-electron chi connectivity index (χ1n) is 6.44. The molecule has 0 bridgehead atoms. The Kier molecular flexibility index (Phi) is 8.54. The predicted molar refractivity (Wildman–Crippen MR) is 75.5 cm³/mol. The summed E-state index contributed by atoms with van der Waals surface area (Å²) in [6.45, 7) is 12.2. The van der Waals surface area contributed by atoms with Gasteiger partial charge in [-0.05, 0) is 31.1 Å². The highest BCUT2D eigenvalue weighted by atomic mass is 16.5. The Morgan fingerprint density at radius 3 is 2.50 bits per heavy atom. The number of carbonyl (C=O) groups is 1. The average molecular weight is 249 g/mol. The summed E-state index contributed by atoms with van der Waals surface area (Å²) >= 11 is 0. The molecule has 0 atom stereocenters. The second-order valence-electron chi connectivity index (χ2n) is 3.70. The van der Waals surface area contributed by atoms with Gasteiger partial charge >= 0.3 is 5.97 Å². The predicted octanol–water partition coefficient (Wildman–Crippen LogP) is 4.10. The fourth-order valence-corrected chi connectivity index (χ4v) is 1.16. The number of aromatic nitrogens is 1. The molecule has 1 aromatic heterocycles. The van der Waals surface area contributed by atoms with Crippen LogP contribution in [0.1, 0.15) is 56.6 Å². The van der Waals surface area contributed by atoms with Crippen LogP contribution < -0.4 is 0 Å². The second kappa shape index (κ2) is 9.40. The maximum absolute atomic E-state index is 11.5. The van der Waals surface area contributed by atoms with Gasteiger partial charge in [0.2, 0.25) is 0 Å². The van der Waals surface area contributed by atoms with Crippen LogP contribution in [0.15, 0.2) is 24.9 Å². The summed E-state index contributed by atoms with van der Waals surface area (Å²) in [7, 11) is 0. The molecule has 3 nitrogen and oxygen atoms in total. The van der Waals surface area contributed by atoms with E-state index in [0.717, 1.165) is 24.1 Å². The highest BCUT2D eigenvalue weighted by molar-refractivity contribution is 5.89. The van der Waals surface area contributed by atoms with Crippen molar-refractivity contribution in [3.63, 3.8) is 0 Å². The third kappa shape index (κ3) is 5.62. The van der Waals surface area contributed by atoms with Gasteiger partial charge in [0.1, 0.15) is 0 Å². The molecule has 1 heterocycles. The lowest BCUT2D eigenvalue weighted by molar-refractivity contribution is 0.0499. The van der Waals surface area contributed by atoms with Crippen molar-refractivity contribution in [2.75, 3.05) is 6.61 Å². The van der Waals surface area contributed by atoms with E-state index < -0.39 is 0 Å². The molecule has 0 aliphatic rings. The van der Waals surface area contributed by atoms with Crippen molar-refractivity contribution in [3.8, 4) is 0 Å². The second-order valence-corrected chi connectivity index (χ2v) is 3.70. The number of hydrogen-bond donors (Lipinski definition) is 0. The summed E-state index contributed by atoms with van der Waals surface area (Å²) in [5.41, 5.74) is 2.16. The Morgan fingerprint density at radius 2 is 2.06 bits per heavy atom. The maximum atomic E-state index is 11.5. The Morgan fingerprint density at radius 1 is 1.39 bits per heavy atom. The van der Waals surface area contributed by atoms with Gasteiger partial charge in [0, 0.05) is 6.20 Å². The molecule has 0 unspecified atom stereocenters. The lowest BCUT2D eigenvalue weighted by atomic mass is 10.2. The topological polar surface area (TPSA) is 39.2 Å². The molecular weight excluding hydrogens is 226 g/mol. The summed E-state index contributed by atoms with van der Waals surface area (Å²) in [6, 6.07) is 3.49. The molecule has 0 saturated heterocycles. The van der Waals surface area contributed by atoms with Crippen molar-refractivity contribution in [2.45, 2.75) is 40.5 Å². The van der Waals surface area contributed by atoms with Gasteiger partial charge in [-0.1, -0.05) is 33.8 Å². The number of rotatable bonds is 5. The third-order valence-electron chi connectivity index (χ3n) is 2.17. The summed E-state index contributed by atoms with van der Waals surface area (Å²) in [6.07, 6.45) is 3.43. The number of ether oxygens (including phenoxy) is 1. The van der Waals surface area contributed by atoms with E-state index in [1.165, 1.54) is 6.20 Å². The van der Waals surface area contributed by atoms with Crippen LogP contribution in [-0.4, -0.2) is 17.6 Å². The minimum absolute atomic E-state index is 0.311. The lowest BCUT2D eigenvalue weighted by Crippen LogP contribution is -2.06. The molecule has 0 aliphatic carbocycles. The Labute approximate surface area is 110 Å². The third-order valence-corrected chi connectivity index (χ3v) is 2.17. The van der Waals surface area contributed by atoms with E-state index >= 15 is 0 Å². The average Bonchev–Trinajstić information content (AvgIpc) is 2.41. The van der Waals surface area contributed by atoms with E-state index in [9.17, 15) is 4.79 Å². The van der Waals surface area contributed by atoms with Crippen molar-refractivity contribution >= 4 is 11.5 Å². The fraction of sp³-hybridized carbons (Fsp3) is 0.467. The number of hydrogen-bond acceptors (Lipinski definition) is 3. The molecule has 0 spiro atoms. The minimum Gasteiger partial charge on any atom is -0.462 e. The molecule has 0 N–H and O–H groups in total. The van der Waals surface area contributed by atoms with Gasteiger partial charge in [0.05, 0.1) is 17.9 Å². The molecule has 0 radical (unpaired) electrons. The SMILES string of the molecule is C=C(C)c1ccc(C(=O)OCCCC)cn1.CC. The van der Waals surface area contributed by atoms with Gasteiger partial charge in [0.25, 0.3) is 0 Å². The maximum Gasteiger partial charge on any atom is 0.339 e. The van der Waals surface area contributed by atoms with Crippen LogP contribution >= 0.6 is 0 Å². The van der Waals surface area contributed by atoms with E-state index in [-0.39, 0.29) is 5.97 Å². The van der Waals surface area contributed by atoms with Crippen LogP contribution in [-0.2, 0) is 4.74 Å². The lowest BCUT2D eigenvalue weighted by Gasteiger charge is -2.04. The largest absolute Gasteiger partial charge is 0.462 e. The molecule has 0 amide bonds. The van der Waals surface area contributed by atoms with Crippen LogP contribution in [0, 0.1) is 0 Å². The normalized spacial score (nSPS) is 9.11. The zero-order valence-electron chi connectivity index (χ0n) is 11.8. The first-order chi connectivity index (χ1) is 8.65. The molecular formula is C15H23NO2. The number of allylic oxidation sites excluding steroid dienone is 1. The number of esters is 1. The molecule has 3 heteroatoms. The van der Waals surface area contributed by atoms with Gasteiger partial charge in [-0.3, -0.25) is 4.98 Å². The number of pyridine rings is 1. The zero-order chi connectivity index (χ0) is 14.0. The fourth-order valence-electron chi connectivity index (χ4n) is 1.16. The van der Waals surface area contributed by atoms with Gasteiger partial charge in [-0.25, -0.2) is 4.79 Å². The molecule has 0 fully saturated rings. The van der Waals surface area contributed by atoms with E-state index in [2.05, 4.69) is 18.5 Å². The molecule has 0 aliphatic heterocycles. The summed E-state index contributed by atoms with van der Waals surface area (Å²) in [5.74, 6) is -0.311. The first kappa shape index (κ1) is 16.4. The van der Waals surface area contributed by atoms with Gasteiger partial charge in [-0.2, -0.15) is 0 Å². The van der Waals surface area contributed by atoms with E-state index in [1.54, 1.807) is 12.1 Å². The van der Waals surface area contributed by atoms with Gasteiger partial charge in [0.15, 0.2) is 0 Å². The Balaban J connectivity index is 0.00000137. The molecule has 100 valence electrons. The highest BCUT2D eigenvalue weighted by Crippen LogP contribution is 2.09. The zero-order valence-corrected chi connectivity index (χ0v) is 11.8. The van der Waals surface area contributed by atoms with Gasteiger partial charge in [-0.15, -0.1) is 0 Å². The van der Waals surface area contributed by atoms with Crippen molar-refractivity contribution in [1.82, 2.24) is 4.98 Å². The standard InChI is InChI=1S/C13H17NO2.C2H6/c1-4-5-8-16-13(15)11-6-7-12(10(2)3)14-9-11;1-2/h6-7,9H,2,4-5,8H2,1,3H3;1-2H3. The summed E-state index contributed by atoms with van der Waals surface area (Å²) < 4.78 is 5.07. The molecule has 1 aromatic rings. The van der Waals surface area contributed by atoms with E-state index in [1.807, 2.05) is 20.8 Å². The highest BCUT2D eigenvalue weighted by Gasteiger charge is 2.07. The minimum atomic E-state index is -0.311. The summed E-state index contributed by atoms with van der Waals surface area (Å²) in [5, 5.41) is 0. The van der Waals surface area contributed by atoms with E-state index in [0.29, 0.717) is 12.2 Å². The van der Waals surface area contributed by atoms with Crippen LogP contribution in [0.2, 0.25) is 0 Å². The van der Waals surface area contributed by atoms with Crippen molar-refractivity contribution in [2.24, 2.45) is 0 Å². The molecule has 0 aromatic carbocycles. The summed E-state index contributed by atoms with van der Waals surface area (Å²) in [4.78, 5) is 15.6. The number of carbonyl (C=O) groups excluding carboxylic acids is 1. The van der Waals surface area contributed by atoms with Crippen LogP contribution in [0.5, 0.6) is 0 Å². The van der Waals surface area contributed by atoms with Crippen LogP contribution in [0.4, 0.5) is 0 Å². The van der Waals surface area contributed by atoms with Crippen LogP contribution in [0.3, 0.4) is 0 Å². The quantitative estimate of drug-likeness (QED) is 0.582. The number of unbranched alkanes of at least 4 members (excludes halogenated alkanes) is 1. The van der Waals surface area contributed by atoms with E-state index in [4.69, 9.17) is 4.74 Å². The Hall–Kier alpha value is -1.64. The van der Waals surface area contributed by atoms with Crippen LogP contribution in [0.25, 0.3) is 5.57 Å². The smallest absolute Gasteiger partial charge is 0.339 e. The first-order valence-corrected chi connectivity index (χ1v) is 6.44. The molecule has 18 heavy (non-hydrogen) atoms. The monoisotopic (exact) mass is 249 g/mol. The molecule has 1 rings (SSSR count). The molecule has 0 saturated carbocycles. The van der Waals surface area contributed by atoms with Crippen molar-refractivity contribution < 1.29 is 9.53 Å².